The predicted molar refractivity (Wildman–Crippen MR) is 99.1 cm³/mol. The number of aromatic amines is 1. The molecule has 26 heavy (non-hydrogen) atoms. The van der Waals surface area contributed by atoms with E-state index in [0.29, 0.717) is 27.6 Å². The van der Waals surface area contributed by atoms with Crippen molar-refractivity contribution < 1.29 is 9.59 Å². The third-order valence-corrected chi connectivity index (χ3v) is 4.21. The Morgan fingerprint density at radius 2 is 1.54 bits per heavy atom. The smallest absolute Gasteiger partial charge is 0.269 e. The minimum Gasteiger partial charge on any atom is -0.269 e. The van der Waals surface area contributed by atoms with Gasteiger partial charge in [-0.25, -0.2) is 5.10 Å². The average Bonchev–Trinajstić information content (AvgIpc) is 2.91. The molecular weight excluding hydrogens is 330 g/mol. The van der Waals surface area contributed by atoms with Gasteiger partial charge in [0.15, 0.2) is 0 Å². The first kappa shape index (κ1) is 17.5. The Kier molecular flexibility index (Phi) is 4.67. The highest BCUT2D eigenvalue weighted by Gasteiger charge is 2.35. The maximum Gasteiger partial charge on any atom is 0.272 e. The SMILES string of the molecule is CC.Cc1ccc2c(CN3C(=O)c4ccccc4C3=O)n[nH]c(=O)c2c1. The van der Waals surface area contributed by atoms with E-state index in [9.17, 15) is 14.4 Å². The van der Waals surface area contributed by atoms with Crippen molar-refractivity contribution >= 4 is 22.6 Å². The fourth-order valence-electron chi connectivity index (χ4n) is 2.99. The molecule has 1 N–H and O–H groups in total. The summed E-state index contributed by atoms with van der Waals surface area (Å²) in [6.07, 6.45) is 0. The minimum absolute atomic E-state index is 0.0166. The van der Waals surface area contributed by atoms with Crippen molar-refractivity contribution in [2.24, 2.45) is 0 Å². The van der Waals surface area contributed by atoms with Crippen molar-refractivity contribution in [2.45, 2.75) is 27.3 Å². The zero-order valence-electron chi connectivity index (χ0n) is 14.9. The molecule has 0 aliphatic carbocycles. The Morgan fingerprint density at radius 1 is 0.923 bits per heavy atom. The van der Waals surface area contributed by atoms with Gasteiger partial charge in [-0.2, -0.15) is 5.10 Å². The lowest BCUT2D eigenvalue weighted by atomic mass is 10.1. The topological polar surface area (TPSA) is 83.1 Å². The van der Waals surface area contributed by atoms with Gasteiger partial charge in [-0.05, 0) is 25.1 Å². The van der Waals surface area contributed by atoms with E-state index in [-0.39, 0.29) is 23.9 Å². The molecule has 4 rings (SSSR count). The molecule has 0 spiro atoms. The molecule has 0 fully saturated rings. The normalized spacial score (nSPS) is 12.8. The number of nitrogens with one attached hydrogen (secondary N) is 1. The number of carbonyl (C=O) groups is 2. The van der Waals surface area contributed by atoms with Gasteiger partial charge in [-0.1, -0.05) is 43.7 Å². The van der Waals surface area contributed by atoms with E-state index in [1.54, 1.807) is 36.4 Å². The van der Waals surface area contributed by atoms with Gasteiger partial charge in [0, 0.05) is 5.39 Å². The molecule has 1 aliphatic rings. The molecule has 1 aliphatic heterocycles. The number of hydrogen-bond donors (Lipinski definition) is 1. The third kappa shape index (κ3) is 2.79. The number of amides is 2. The maximum absolute atomic E-state index is 12.5. The van der Waals surface area contributed by atoms with Crippen LogP contribution in [0.4, 0.5) is 0 Å². The van der Waals surface area contributed by atoms with Gasteiger partial charge in [0.05, 0.1) is 28.8 Å². The Morgan fingerprint density at radius 3 is 2.15 bits per heavy atom. The van der Waals surface area contributed by atoms with E-state index >= 15 is 0 Å². The van der Waals surface area contributed by atoms with Gasteiger partial charge in [0.25, 0.3) is 17.4 Å². The average molecular weight is 349 g/mol. The maximum atomic E-state index is 12.5. The van der Waals surface area contributed by atoms with E-state index in [2.05, 4.69) is 10.2 Å². The number of nitrogens with zero attached hydrogens (tertiary/aromatic N) is 2. The highest BCUT2D eigenvalue weighted by Crippen LogP contribution is 2.25. The van der Waals surface area contributed by atoms with Crippen molar-refractivity contribution in [3.05, 3.63) is 75.2 Å². The predicted octanol–water partition coefficient (Wildman–Crippen LogP) is 3.05. The fraction of sp³-hybridized carbons (Fsp3) is 0.200. The molecule has 0 atom stereocenters. The summed E-state index contributed by atoms with van der Waals surface area (Å²) in [5, 5.41) is 7.62. The van der Waals surface area contributed by atoms with E-state index in [0.717, 1.165) is 10.5 Å². The van der Waals surface area contributed by atoms with Gasteiger partial charge < -0.3 is 0 Å². The zero-order chi connectivity index (χ0) is 18.8. The second-order valence-electron chi connectivity index (χ2n) is 5.79. The van der Waals surface area contributed by atoms with Crippen LogP contribution in [-0.2, 0) is 6.54 Å². The molecule has 2 heterocycles. The monoisotopic (exact) mass is 349 g/mol. The van der Waals surface area contributed by atoms with Crippen molar-refractivity contribution in [1.82, 2.24) is 15.1 Å². The lowest BCUT2D eigenvalue weighted by Gasteiger charge is -2.14. The molecule has 0 radical (unpaired) electrons. The largest absolute Gasteiger partial charge is 0.272 e. The molecule has 6 heteroatoms. The first-order valence-corrected chi connectivity index (χ1v) is 8.49. The van der Waals surface area contributed by atoms with Crippen LogP contribution in [0.5, 0.6) is 0 Å². The zero-order valence-corrected chi connectivity index (χ0v) is 14.9. The second-order valence-corrected chi connectivity index (χ2v) is 5.79. The highest BCUT2D eigenvalue weighted by molar-refractivity contribution is 6.21. The number of fused-ring (bicyclic) bond motifs is 2. The standard InChI is InChI=1S/C18H13N3O3.C2H6/c1-10-6-7-11-14(8-10)16(22)20-19-15(11)9-21-17(23)12-4-2-3-5-13(12)18(21)24;1-2/h2-8H,9H2,1H3,(H,20,22);1-2H3. The summed E-state index contributed by atoms with van der Waals surface area (Å²) in [4.78, 5) is 38.1. The molecular formula is C20H19N3O3. The number of aryl methyl sites for hydroxylation is 1. The summed E-state index contributed by atoms with van der Waals surface area (Å²) in [6.45, 7) is 5.91. The fourth-order valence-corrected chi connectivity index (χ4v) is 2.99. The van der Waals surface area contributed by atoms with E-state index in [4.69, 9.17) is 0 Å². The summed E-state index contributed by atoms with van der Waals surface area (Å²) in [7, 11) is 0. The van der Waals surface area contributed by atoms with Crippen molar-refractivity contribution in [2.75, 3.05) is 0 Å². The summed E-state index contributed by atoms with van der Waals surface area (Å²) < 4.78 is 0. The summed E-state index contributed by atoms with van der Waals surface area (Å²) in [5.74, 6) is -0.687. The first-order chi connectivity index (χ1) is 12.6. The Labute approximate surface area is 150 Å². The summed E-state index contributed by atoms with van der Waals surface area (Å²) >= 11 is 0. The summed E-state index contributed by atoms with van der Waals surface area (Å²) in [5.41, 5.74) is 1.93. The molecule has 2 aromatic carbocycles. The van der Waals surface area contributed by atoms with Crippen LogP contribution >= 0.6 is 0 Å². The van der Waals surface area contributed by atoms with Crippen LogP contribution in [0.3, 0.4) is 0 Å². The number of benzene rings is 2. The Balaban J connectivity index is 0.000000948. The van der Waals surface area contributed by atoms with Crippen molar-refractivity contribution in [1.29, 1.82) is 0 Å². The third-order valence-electron chi connectivity index (χ3n) is 4.21. The Bertz CT molecular complexity index is 1030. The van der Waals surface area contributed by atoms with Crippen LogP contribution in [0.2, 0.25) is 0 Å². The van der Waals surface area contributed by atoms with Gasteiger partial charge >= 0.3 is 0 Å². The Hall–Kier alpha value is -3.28. The quantitative estimate of drug-likeness (QED) is 0.721. The lowest BCUT2D eigenvalue weighted by molar-refractivity contribution is 0.0641. The van der Waals surface area contributed by atoms with E-state index in [1.165, 1.54) is 0 Å². The number of imide groups is 1. The van der Waals surface area contributed by atoms with E-state index < -0.39 is 0 Å². The van der Waals surface area contributed by atoms with Gasteiger partial charge in [0.2, 0.25) is 0 Å². The minimum atomic E-state index is -0.344. The van der Waals surface area contributed by atoms with Gasteiger partial charge in [0.1, 0.15) is 0 Å². The van der Waals surface area contributed by atoms with Crippen LogP contribution in [0.25, 0.3) is 10.8 Å². The molecule has 1 aromatic heterocycles. The lowest BCUT2D eigenvalue weighted by Crippen LogP contribution is -2.30. The molecule has 132 valence electrons. The molecule has 0 saturated heterocycles. The van der Waals surface area contributed by atoms with Crippen molar-refractivity contribution in [3.63, 3.8) is 0 Å². The first-order valence-electron chi connectivity index (χ1n) is 8.49. The van der Waals surface area contributed by atoms with Gasteiger partial charge in [-0.15, -0.1) is 0 Å². The molecule has 0 saturated carbocycles. The number of rotatable bonds is 2. The molecule has 3 aromatic rings. The number of aromatic nitrogens is 2. The van der Waals surface area contributed by atoms with Crippen LogP contribution in [0.1, 0.15) is 45.8 Å². The molecule has 0 unspecified atom stereocenters. The van der Waals surface area contributed by atoms with E-state index in [1.807, 2.05) is 26.8 Å². The van der Waals surface area contributed by atoms with Gasteiger partial charge in [-0.3, -0.25) is 19.3 Å². The molecule has 0 bridgehead atoms. The number of carbonyl (C=O) groups excluding carboxylic acids is 2. The van der Waals surface area contributed by atoms with Crippen molar-refractivity contribution in [3.8, 4) is 0 Å². The number of hydrogen-bond acceptors (Lipinski definition) is 4. The van der Waals surface area contributed by atoms with Crippen LogP contribution in [-0.4, -0.2) is 26.9 Å². The number of H-pyrrole nitrogens is 1. The van der Waals surface area contributed by atoms with Crippen LogP contribution in [0, 0.1) is 6.92 Å². The molecule has 6 nitrogen and oxygen atoms in total. The van der Waals surface area contributed by atoms with Crippen LogP contribution in [0.15, 0.2) is 47.3 Å². The highest BCUT2D eigenvalue weighted by atomic mass is 16.2. The molecule has 2 amide bonds. The summed E-state index contributed by atoms with van der Waals surface area (Å²) in [6, 6.07) is 12.2. The van der Waals surface area contributed by atoms with Crippen LogP contribution < -0.4 is 5.56 Å². The second kappa shape index (κ2) is 6.92.